The smallest absolute Gasteiger partial charge is 0.0198 e. The van der Waals surface area contributed by atoms with Crippen LogP contribution in [0.1, 0.15) is 72.6 Å². The molecule has 2 rings (SSSR count). The second kappa shape index (κ2) is 5.97. The lowest BCUT2D eigenvalue weighted by Crippen LogP contribution is -2.51. The van der Waals surface area contributed by atoms with Gasteiger partial charge in [0.05, 0.1) is 0 Å². The molecule has 0 aromatic rings. The zero-order valence-electron chi connectivity index (χ0n) is 13.6. The minimum atomic E-state index is 0.503. The van der Waals surface area contributed by atoms with E-state index in [1.807, 2.05) is 0 Å². The Hall–Kier alpha value is 0.310. The van der Waals surface area contributed by atoms with Crippen molar-refractivity contribution >= 4 is 11.8 Å². The minimum absolute atomic E-state index is 0.503. The molecule has 19 heavy (non-hydrogen) atoms. The lowest BCUT2D eigenvalue weighted by molar-refractivity contribution is 0.0781. The van der Waals surface area contributed by atoms with Crippen LogP contribution in [0.25, 0.3) is 0 Å². The summed E-state index contributed by atoms with van der Waals surface area (Å²) in [7, 11) is 0. The highest BCUT2D eigenvalue weighted by molar-refractivity contribution is 7.99. The molecule has 0 spiro atoms. The standard InChI is InChI=1S/C17H33NS/c1-16(2)10-13(11-17(3,4)12-16)18-14-8-6-7-9-15(14)19-5/h13-15,18H,6-12H2,1-5H3. The second-order valence-corrected chi connectivity index (χ2v) is 9.52. The van der Waals surface area contributed by atoms with Crippen molar-refractivity contribution in [3.05, 3.63) is 0 Å². The van der Waals surface area contributed by atoms with Crippen LogP contribution in [0.4, 0.5) is 0 Å². The maximum atomic E-state index is 4.05. The van der Waals surface area contributed by atoms with E-state index in [0.717, 1.165) is 17.3 Å². The first kappa shape index (κ1) is 15.7. The van der Waals surface area contributed by atoms with Gasteiger partial charge in [-0.25, -0.2) is 0 Å². The minimum Gasteiger partial charge on any atom is -0.310 e. The molecule has 2 atom stereocenters. The fraction of sp³-hybridized carbons (Fsp3) is 1.00. The number of rotatable bonds is 3. The van der Waals surface area contributed by atoms with Crippen LogP contribution in [0.5, 0.6) is 0 Å². The molecule has 0 aromatic carbocycles. The van der Waals surface area contributed by atoms with E-state index in [0.29, 0.717) is 10.8 Å². The lowest BCUT2D eigenvalue weighted by atomic mass is 9.63. The summed E-state index contributed by atoms with van der Waals surface area (Å²) < 4.78 is 0. The summed E-state index contributed by atoms with van der Waals surface area (Å²) >= 11 is 2.08. The van der Waals surface area contributed by atoms with Gasteiger partial charge in [0.15, 0.2) is 0 Å². The van der Waals surface area contributed by atoms with Crippen LogP contribution in [0.15, 0.2) is 0 Å². The summed E-state index contributed by atoms with van der Waals surface area (Å²) in [6.07, 6.45) is 12.0. The summed E-state index contributed by atoms with van der Waals surface area (Å²) in [4.78, 5) is 0. The molecule has 0 heterocycles. The molecule has 0 aromatic heterocycles. The summed E-state index contributed by atoms with van der Waals surface area (Å²) in [5.74, 6) is 0. The third kappa shape index (κ3) is 4.39. The van der Waals surface area contributed by atoms with Crippen molar-refractivity contribution in [1.29, 1.82) is 0 Å². The molecular weight excluding hydrogens is 250 g/mol. The Kier molecular flexibility index (Phi) is 4.93. The molecule has 0 radical (unpaired) electrons. The Labute approximate surface area is 124 Å². The van der Waals surface area contributed by atoms with E-state index >= 15 is 0 Å². The third-order valence-electron chi connectivity index (χ3n) is 5.01. The average molecular weight is 284 g/mol. The van der Waals surface area contributed by atoms with Crippen molar-refractivity contribution in [1.82, 2.24) is 5.32 Å². The summed E-state index contributed by atoms with van der Waals surface area (Å²) in [5.41, 5.74) is 1.01. The molecule has 2 fully saturated rings. The monoisotopic (exact) mass is 283 g/mol. The number of nitrogens with one attached hydrogen (secondary N) is 1. The van der Waals surface area contributed by atoms with Gasteiger partial charge in [-0.3, -0.25) is 0 Å². The molecule has 1 N–H and O–H groups in total. The molecule has 2 saturated carbocycles. The fourth-order valence-electron chi connectivity index (χ4n) is 4.84. The van der Waals surface area contributed by atoms with E-state index in [-0.39, 0.29) is 0 Å². The molecule has 0 aliphatic heterocycles. The van der Waals surface area contributed by atoms with Crippen molar-refractivity contribution in [2.24, 2.45) is 10.8 Å². The fourth-order valence-corrected chi connectivity index (χ4v) is 5.78. The van der Waals surface area contributed by atoms with E-state index in [4.69, 9.17) is 0 Å². The Morgan fingerprint density at radius 3 is 2.11 bits per heavy atom. The average Bonchev–Trinajstić information content (AvgIpc) is 2.25. The van der Waals surface area contributed by atoms with Crippen LogP contribution in [-0.4, -0.2) is 23.6 Å². The number of thioether (sulfide) groups is 1. The summed E-state index contributed by atoms with van der Waals surface area (Å²) in [6, 6.07) is 1.50. The predicted molar refractivity (Wildman–Crippen MR) is 87.9 cm³/mol. The van der Waals surface area contributed by atoms with Crippen molar-refractivity contribution in [3.63, 3.8) is 0 Å². The van der Waals surface area contributed by atoms with Gasteiger partial charge in [-0.15, -0.1) is 0 Å². The highest BCUT2D eigenvalue weighted by Gasteiger charge is 2.39. The van der Waals surface area contributed by atoms with Crippen LogP contribution in [-0.2, 0) is 0 Å². The van der Waals surface area contributed by atoms with Crippen LogP contribution < -0.4 is 5.32 Å². The zero-order valence-corrected chi connectivity index (χ0v) is 14.4. The van der Waals surface area contributed by atoms with Crippen LogP contribution in [0.3, 0.4) is 0 Å². The molecule has 112 valence electrons. The molecule has 2 aliphatic carbocycles. The maximum absolute atomic E-state index is 4.05. The number of hydrogen-bond acceptors (Lipinski definition) is 2. The van der Waals surface area contributed by atoms with Crippen molar-refractivity contribution in [3.8, 4) is 0 Å². The van der Waals surface area contributed by atoms with E-state index in [1.54, 1.807) is 0 Å². The van der Waals surface area contributed by atoms with Crippen molar-refractivity contribution in [2.75, 3.05) is 6.26 Å². The first-order valence-electron chi connectivity index (χ1n) is 8.10. The van der Waals surface area contributed by atoms with Gasteiger partial charge < -0.3 is 5.32 Å². The molecule has 2 unspecified atom stereocenters. The molecule has 0 bridgehead atoms. The molecular formula is C17H33NS. The topological polar surface area (TPSA) is 12.0 Å². The zero-order chi connectivity index (χ0) is 14.1. The van der Waals surface area contributed by atoms with E-state index < -0.39 is 0 Å². The van der Waals surface area contributed by atoms with Crippen LogP contribution >= 0.6 is 11.8 Å². The first-order chi connectivity index (χ1) is 8.81. The molecule has 1 nitrogen and oxygen atoms in total. The van der Waals surface area contributed by atoms with Gasteiger partial charge >= 0.3 is 0 Å². The van der Waals surface area contributed by atoms with Gasteiger partial charge in [-0.2, -0.15) is 11.8 Å². The second-order valence-electron chi connectivity index (χ2n) is 8.44. The van der Waals surface area contributed by atoms with Gasteiger partial charge in [-0.05, 0) is 49.2 Å². The Morgan fingerprint density at radius 2 is 1.53 bits per heavy atom. The molecule has 0 amide bonds. The normalized spacial score (nSPS) is 35.2. The Balaban J connectivity index is 1.97. The highest BCUT2D eigenvalue weighted by atomic mass is 32.2. The van der Waals surface area contributed by atoms with E-state index in [9.17, 15) is 0 Å². The number of hydrogen-bond donors (Lipinski definition) is 1. The van der Waals surface area contributed by atoms with Gasteiger partial charge in [0.2, 0.25) is 0 Å². The van der Waals surface area contributed by atoms with Crippen molar-refractivity contribution in [2.45, 2.75) is 90.0 Å². The third-order valence-corrected chi connectivity index (χ3v) is 6.18. The largest absolute Gasteiger partial charge is 0.310 e. The van der Waals surface area contributed by atoms with Gasteiger partial charge in [0.1, 0.15) is 0 Å². The summed E-state index contributed by atoms with van der Waals surface area (Å²) in [5, 5.41) is 4.90. The first-order valence-corrected chi connectivity index (χ1v) is 9.39. The Bertz CT molecular complexity index is 282. The SMILES string of the molecule is CSC1CCCCC1NC1CC(C)(C)CC(C)(C)C1. The quantitative estimate of drug-likeness (QED) is 0.794. The molecule has 0 saturated heterocycles. The van der Waals surface area contributed by atoms with Gasteiger partial charge in [0, 0.05) is 17.3 Å². The van der Waals surface area contributed by atoms with Gasteiger partial charge in [0.25, 0.3) is 0 Å². The molecule has 2 aliphatic rings. The molecule has 2 heteroatoms. The highest BCUT2D eigenvalue weighted by Crippen LogP contribution is 2.46. The predicted octanol–water partition coefficient (Wildman–Crippen LogP) is 4.86. The van der Waals surface area contributed by atoms with Crippen LogP contribution in [0, 0.1) is 10.8 Å². The van der Waals surface area contributed by atoms with Crippen molar-refractivity contribution < 1.29 is 0 Å². The maximum Gasteiger partial charge on any atom is 0.0198 e. The lowest BCUT2D eigenvalue weighted by Gasteiger charge is -2.47. The summed E-state index contributed by atoms with van der Waals surface area (Å²) in [6.45, 7) is 9.82. The van der Waals surface area contributed by atoms with Crippen LogP contribution in [0.2, 0.25) is 0 Å². The Morgan fingerprint density at radius 1 is 0.947 bits per heavy atom. The van der Waals surface area contributed by atoms with E-state index in [1.165, 1.54) is 44.9 Å². The van der Waals surface area contributed by atoms with Gasteiger partial charge in [-0.1, -0.05) is 40.5 Å². The van der Waals surface area contributed by atoms with E-state index in [2.05, 4.69) is 51.0 Å².